The van der Waals surface area contributed by atoms with Crippen molar-refractivity contribution in [1.29, 1.82) is 0 Å². The zero-order valence-corrected chi connectivity index (χ0v) is 20.5. The summed E-state index contributed by atoms with van der Waals surface area (Å²) < 4.78 is 0. The van der Waals surface area contributed by atoms with Gasteiger partial charge in [0.15, 0.2) is 0 Å². The van der Waals surface area contributed by atoms with Crippen molar-refractivity contribution >= 4 is 11.9 Å². The Morgan fingerprint density at radius 3 is 1.97 bits per heavy atom. The molecule has 5 nitrogen and oxygen atoms in total. The van der Waals surface area contributed by atoms with Crippen LogP contribution in [0, 0.1) is 11.3 Å². The SMILES string of the molecule is CC(C)(CC(=O)CCN(Cc1ccccc1)Cc1ccccc1)C1CN(C(=O)O)C(C)(C)C1. The second kappa shape index (κ2) is 10.5. The van der Waals surface area contributed by atoms with E-state index in [4.69, 9.17) is 0 Å². The zero-order valence-electron chi connectivity index (χ0n) is 20.5. The average Bonchev–Trinajstić information content (AvgIpc) is 3.09. The Morgan fingerprint density at radius 2 is 1.52 bits per heavy atom. The molecule has 2 aromatic carbocycles. The number of carbonyl (C=O) groups excluding carboxylic acids is 1. The number of Topliss-reactive ketones (excluding diaryl/α,β-unsaturated/α-hetero) is 1. The Labute approximate surface area is 198 Å². The van der Waals surface area contributed by atoms with Crippen LogP contribution < -0.4 is 0 Å². The fraction of sp³-hybridized carbons (Fsp3) is 0.500. The van der Waals surface area contributed by atoms with Gasteiger partial charge in [-0.1, -0.05) is 74.5 Å². The molecule has 5 heteroatoms. The zero-order chi connectivity index (χ0) is 24.1. The van der Waals surface area contributed by atoms with E-state index >= 15 is 0 Å². The number of rotatable bonds is 10. The summed E-state index contributed by atoms with van der Waals surface area (Å²) in [6.45, 7) is 11.0. The Kier molecular flexibility index (Phi) is 7.96. The van der Waals surface area contributed by atoms with Gasteiger partial charge >= 0.3 is 6.09 Å². The summed E-state index contributed by atoms with van der Waals surface area (Å²) in [6, 6.07) is 20.7. The van der Waals surface area contributed by atoms with Crippen LogP contribution in [0.25, 0.3) is 0 Å². The fourth-order valence-electron chi connectivity index (χ4n) is 5.03. The lowest BCUT2D eigenvalue weighted by molar-refractivity contribution is -0.122. The maximum absolute atomic E-state index is 13.0. The van der Waals surface area contributed by atoms with Crippen LogP contribution in [-0.2, 0) is 17.9 Å². The number of nitrogens with zero attached hydrogens (tertiary/aromatic N) is 2. The molecule has 1 amide bonds. The van der Waals surface area contributed by atoms with Gasteiger partial charge in [0, 0.05) is 44.6 Å². The summed E-state index contributed by atoms with van der Waals surface area (Å²) in [5, 5.41) is 9.56. The Hall–Kier alpha value is -2.66. The second-order valence-electron chi connectivity index (χ2n) is 10.7. The van der Waals surface area contributed by atoms with Crippen LogP contribution >= 0.6 is 0 Å². The van der Waals surface area contributed by atoms with E-state index in [2.05, 4.69) is 43.0 Å². The molecule has 0 aliphatic carbocycles. The van der Waals surface area contributed by atoms with Gasteiger partial charge in [0.1, 0.15) is 5.78 Å². The highest BCUT2D eigenvalue weighted by Crippen LogP contribution is 2.44. The number of carboxylic acid groups (broad SMARTS) is 1. The molecule has 1 N–H and O–H groups in total. The third-order valence-electron chi connectivity index (χ3n) is 7.07. The molecule has 0 saturated carbocycles. The minimum Gasteiger partial charge on any atom is -0.465 e. The normalized spacial score (nSPS) is 18.0. The summed E-state index contributed by atoms with van der Waals surface area (Å²) in [5.41, 5.74) is 1.85. The Balaban J connectivity index is 1.60. The first-order valence-corrected chi connectivity index (χ1v) is 11.9. The predicted molar refractivity (Wildman–Crippen MR) is 132 cm³/mol. The molecule has 0 aromatic heterocycles. The van der Waals surface area contributed by atoms with Gasteiger partial charge in [0.25, 0.3) is 0 Å². The molecule has 1 unspecified atom stereocenters. The molecule has 0 radical (unpaired) electrons. The van der Waals surface area contributed by atoms with Gasteiger partial charge in [0.05, 0.1) is 0 Å². The molecule has 3 rings (SSSR count). The van der Waals surface area contributed by atoms with Crippen molar-refractivity contribution in [3.05, 3.63) is 71.8 Å². The minimum atomic E-state index is -0.873. The lowest BCUT2D eigenvalue weighted by atomic mass is 9.72. The van der Waals surface area contributed by atoms with Crippen molar-refractivity contribution in [3.63, 3.8) is 0 Å². The van der Waals surface area contributed by atoms with Gasteiger partial charge in [0.2, 0.25) is 0 Å². The largest absolute Gasteiger partial charge is 0.465 e. The molecule has 2 aromatic rings. The molecule has 1 heterocycles. The molecule has 1 aliphatic rings. The maximum Gasteiger partial charge on any atom is 0.407 e. The van der Waals surface area contributed by atoms with Crippen molar-refractivity contribution in [2.24, 2.45) is 11.3 Å². The van der Waals surface area contributed by atoms with E-state index in [0.717, 1.165) is 19.5 Å². The van der Waals surface area contributed by atoms with Crippen molar-refractivity contribution < 1.29 is 14.7 Å². The predicted octanol–water partition coefficient (Wildman–Crippen LogP) is 5.84. The van der Waals surface area contributed by atoms with E-state index in [1.54, 1.807) is 0 Å². The third kappa shape index (κ3) is 6.91. The topological polar surface area (TPSA) is 60.9 Å². The highest BCUT2D eigenvalue weighted by Gasteiger charge is 2.47. The molecule has 0 bridgehead atoms. The van der Waals surface area contributed by atoms with Crippen molar-refractivity contribution in [3.8, 4) is 0 Å². The first-order valence-electron chi connectivity index (χ1n) is 11.9. The van der Waals surface area contributed by atoms with Crippen LogP contribution in [0.15, 0.2) is 60.7 Å². The number of benzene rings is 2. The monoisotopic (exact) mass is 450 g/mol. The van der Waals surface area contributed by atoms with Crippen LogP contribution in [0.1, 0.15) is 58.1 Å². The van der Waals surface area contributed by atoms with Crippen LogP contribution in [0.5, 0.6) is 0 Å². The fourth-order valence-corrected chi connectivity index (χ4v) is 5.03. The van der Waals surface area contributed by atoms with E-state index in [9.17, 15) is 14.7 Å². The first kappa shape index (κ1) is 25.0. The average molecular weight is 451 g/mol. The molecule has 1 atom stereocenters. The van der Waals surface area contributed by atoms with Gasteiger partial charge in [-0.2, -0.15) is 0 Å². The number of carbonyl (C=O) groups is 2. The molecule has 1 aliphatic heterocycles. The van der Waals surface area contributed by atoms with Gasteiger partial charge in [-0.3, -0.25) is 9.69 Å². The van der Waals surface area contributed by atoms with Crippen molar-refractivity contribution in [2.75, 3.05) is 13.1 Å². The van der Waals surface area contributed by atoms with E-state index in [-0.39, 0.29) is 22.7 Å². The summed E-state index contributed by atoms with van der Waals surface area (Å²) in [7, 11) is 0. The van der Waals surface area contributed by atoms with E-state index in [1.165, 1.54) is 16.0 Å². The Bertz CT molecular complexity index is 883. The minimum absolute atomic E-state index is 0.178. The summed E-state index contributed by atoms with van der Waals surface area (Å²) in [4.78, 5) is 28.6. The summed E-state index contributed by atoms with van der Waals surface area (Å²) in [6.07, 6.45) is 0.892. The number of likely N-dealkylation sites (tertiary alicyclic amines) is 1. The smallest absolute Gasteiger partial charge is 0.407 e. The van der Waals surface area contributed by atoms with Crippen molar-refractivity contribution in [1.82, 2.24) is 9.80 Å². The lowest BCUT2D eigenvalue weighted by Crippen LogP contribution is -2.41. The van der Waals surface area contributed by atoms with E-state index < -0.39 is 6.09 Å². The Morgan fingerprint density at radius 1 is 1.00 bits per heavy atom. The van der Waals surface area contributed by atoms with Gasteiger partial charge in [-0.15, -0.1) is 0 Å². The second-order valence-corrected chi connectivity index (χ2v) is 10.7. The highest BCUT2D eigenvalue weighted by molar-refractivity contribution is 5.79. The number of hydrogen-bond acceptors (Lipinski definition) is 3. The van der Waals surface area contributed by atoms with Crippen LogP contribution in [0.4, 0.5) is 4.79 Å². The molecular formula is C28H38N2O3. The first-order chi connectivity index (χ1) is 15.6. The number of hydrogen-bond donors (Lipinski definition) is 1. The van der Waals surface area contributed by atoms with Crippen LogP contribution in [-0.4, -0.2) is 45.4 Å². The third-order valence-corrected chi connectivity index (χ3v) is 7.07. The quantitative estimate of drug-likeness (QED) is 0.494. The lowest BCUT2D eigenvalue weighted by Gasteiger charge is -2.31. The van der Waals surface area contributed by atoms with Crippen LogP contribution in [0.2, 0.25) is 0 Å². The summed E-state index contributed by atoms with van der Waals surface area (Å²) >= 11 is 0. The molecule has 1 fully saturated rings. The summed E-state index contributed by atoms with van der Waals surface area (Å²) in [5.74, 6) is 0.426. The molecule has 33 heavy (non-hydrogen) atoms. The standard InChI is InChI=1S/C28H38N2O3/c1-27(2,24-17-28(3,4)30(21-24)26(32)33)18-25(31)15-16-29(19-22-11-7-5-8-12-22)20-23-13-9-6-10-14-23/h5-14,24H,15-21H2,1-4H3,(H,32,33). The van der Waals surface area contributed by atoms with Crippen LogP contribution in [0.3, 0.4) is 0 Å². The van der Waals surface area contributed by atoms with E-state index in [0.29, 0.717) is 25.9 Å². The highest BCUT2D eigenvalue weighted by atomic mass is 16.4. The van der Waals surface area contributed by atoms with Gasteiger partial charge in [-0.05, 0) is 42.7 Å². The number of ketones is 1. The molecule has 178 valence electrons. The van der Waals surface area contributed by atoms with Gasteiger partial charge < -0.3 is 10.0 Å². The molecule has 1 saturated heterocycles. The molecular weight excluding hydrogens is 412 g/mol. The number of amides is 1. The maximum atomic E-state index is 13.0. The van der Waals surface area contributed by atoms with E-state index in [1.807, 2.05) is 50.2 Å². The molecule has 0 spiro atoms. The van der Waals surface area contributed by atoms with Gasteiger partial charge in [-0.25, -0.2) is 4.79 Å². The van der Waals surface area contributed by atoms with Crippen molar-refractivity contribution in [2.45, 2.75) is 65.6 Å².